The van der Waals surface area contributed by atoms with E-state index >= 15 is 0 Å². The normalized spacial score (nSPS) is 15.8. The molecule has 0 amide bonds. The lowest BCUT2D eigenvalue weighted by molar-refractivity contribution is 0.195. The van der Waals surface area contributed by atoms with E-state index in [1.807, 2.05) is 30.1 Å². The smallest absolute Gasteiger partial charge is 0.139 e. The number of aromatic amines is 1. The molecule has 4 heterocycles. The first-order valence-corrected chi connectivity index (χ1v) is 9.61. The largest absolute Gasteiger partial charge is 0.380 e. The van der Waals surface area contributed by atoms with Crippen LogP contribution in [-0.4, -0.2) is 46.1 Å². The Bertz CT molecular complexity index is 894. The molecule has 8 heteroatoms. The molecule has 1 aliphatic rings. The first-order chi connectivity index (χ1) is 13.1. The molecule has 1 atom stereocenters. The Balaban J connectivity index is 1.42. The van der Waals surface area contributed by atoms with Crippen molar-refractivity contribution < 1.29 is 5.11 Å². The number of aliphatic hydroxyl groups excluding tert-OH is 1. The predicted octanol–water partition coefficient (Wildman–Crippen LogP) is 1.78. The maximum Gasteiger partial charge on any atom is 0.139 e. The van der Waals surface area contributed by atoms with Crippen molar-refractivity contribution in [2.45, 2.75) is 51.9 Å². The number of hydrogen-bond acceptors (Lipinski definition) is 5. The van der Waals surface area contributed by atoms with Crippen LogP contribution in [-0.2, 0) is 33.1 Å². The summed E-state index contributed by atoms with van der Waals surface area (Å²) in [6.07, 6.45) is 6.25. The maximum absolute atomic E-state index is 10.6. The van der Waals surface area contributed by atoms with Crippen LogP contribution < -0.4 is 0 Å². The Kier molecular flexibility index (Phi) is 5.09. The van der Waals surface area contributed by atoms with Gasteiger partial charge < -0.3 is 10.1 Å². The first kappa shape index (κ1) is 17.9. The minimum Gasteiger partial charge on any atom is -0.380 e. The standard InChI is InChI=1S/C19H27N7O/c1-3-4-5-18-20-11-14(22-18)12-25-8-9-26-15(13-25)10-16(23-26)19(27)17-6-7-21-24(17)2/h6-7,10-11,19,27H,3-5,8-9,12-13H2,1-2H3,(H,20,22)/t19-/m0/s1. The minimum absolute atomic E-state index is 0.679. The van der Waals surface area contributed by atoms with Gasteiger partial charge in [-0.1, -0.05) is 13.3 Å². The summed E-state index contributed by atoms with van der Waals surface area (Å²) in [5.41, 5.74) is 3.71. The number of hydrogen-bond donors (Lipinski definition) is 2. The molecule has 144 valence electrons. The first-order valence-electron chi connectivity index (χ1n) is 9.61. The number of H-pyrrole nitrogens is 1. The lowest BCUT2D eigenvalue weighted by Crippen LogP contribution is -2.33. The molecule has 0 unspecified atom stereocenters. The molecule has 0 radical (unpaired) electrons. The Morgan fingerprint density at radius 1 is 1.33 bits per heavy atom. The fourth-order valence-electron chi connectivity index (χ4n) is 3.61. The minimum atomic E-state index is -0.752. The SMILES string of the molecule is CCCCc1ncc(CN2CCn3nc([C@H](O)c4ccnn4C)cc3C2)[nH]1. The number of imidazole rings is 1. The second-order valence-corrected chi connectivity index (χ2v) is 7.24. The van der Waals surface area contributed by atoms with Gasteiger partial charge in [0.25, 0.3) is 0 Å². The molecule has 0 saturated carbocycles. The molecule has 0 aromatic carbocycles. The van der Waals surface area contributed by atoms with Gasteiger partial charge in [0.2, 0.25) is 0 Å². The molecule has 27 heavy (non-hydrogen) atoms. The van der Waals surface area contributed by atoms with Gasteiger partial charge in [0.15, 0.2) is 0 Å². The van der Waals surface area contributed by atoms with E-state index in [1.54, 1.807) is 10.9 Å². The summed E-state index contributed by atoms with van der Waals surface area (Å²) >= 11 is 0. The van der Waals surface area contributed by atoms with E-state index < -0.39 is 6.10 Å². The number of aromatic nitrogens is 6. The van der Waals surface area contributed by atoms with E-state index in [4.69, 9.17) is 0 Å². The van der Waals surface area contributed by atoms with Crippen LogP contribution in [0.15, 0.2) is 24.5 Å². The summed E-state index contributed by atoms with van der Waals surface area (Å²) < 4.78 is 3.69. The van der Waals surface area contributed by atoms with Crippen molar-refractivity contribution in [3.8, 4) is 0 Å². The average Bonchev–Trinajstić information content (AvgIpc) is 3.38. The number of unbranched alkanes of at least 4 members (excludes halogenated alkanes) is 1. The van der Waals surface area contributed by atoms with E-state index in [1.165, 1.54) is 6.42 Å². The summed E-state index contributed by atoms with van der Waals surface area (Å²) in [5.74, 6) is 1.08. The molecular weight excluding hydrogens is 342 g/mol. The topological polar surface area (TPSA) is 87.8 Å². The predicted molar refractivity (Wildman–Crippen MR) is 101 cm³/mol. The van der Waals surface area contributed by atoms with Crippen LogP contribution in [0.2, 0.25) is 0 Å². The van der Waals surface area contributed by atoms with Crippen LogP contribution in [0.5, 0.6) is 0 Å². The summed E-state index contributed by atoms with van der Waals surface area (Å²) in [6, 6.07) is 3.83. The number of aryl methyl sites for hydroxylation is 2. The van der Waals surface area contributed by atoms with Gasteiger partial charge in [-0.15, -0.1) is 0 Å². The molecule has 3 aromatic rings. The third-order valence-corrected chi connectivity index (χ3v) is 5.16. The third kappa shape index (κ3) is 3.81. The Morgan fingerprint density at radius 3 is 3.00 bits per heavy atom. The van der Waals surface area contributed by atoms with Crippen LogP contribution in [0.1, 0.15) is 54.5 Å². The van der Waals surface area contributed by atoms with Crippen LogP contribution >= 0.6 is 0 Å². The van der Waals surface area contributed by atoms with Crippen molar-refractivity contribution in [1.82, 2.24) is 34.4 Å². The summed E-state index contributed by atoms with van der Waals surface area (Å²) in [5, 5.41) is 19.4. The van der Waals surface area contributed by atoms with Gasteiger partial charge >= 0.3 is 0 Å². The fourth-order valence-corrected chi connectivity index (χ4v) is 3.61. The zero-order valence-corrected chi connectivity index (χ0v) is 16.0. The highest BCUT2D eigenvalue weighted by atomic mass is 16.3. The summed E-state index contributed by atoms with van der Waals surface area (Å²) in [6.45, 7) is 5.61. The van der Waals surface area contributed by atoms with E-state index in [2.05, 4.69) is 32.0 Å². The average molecular weight is 369 g/mol. The second-order valence-electron chi connectivity index (χ2n) is 7.24. The van der Waals surface area contributed by atoms with E-state index in [-0.39, 0.29) is 0 Å². The maximum atomic E-state index is 10.6. The van der Waals surface area contributed by atoms with Gasteiger partial charge in [0.1, 0.15) is 11.9 Å². The highest BCUT2D eigenvalue weighted by Crippen LogP contribution is 2.23. The monoisotopic (exact) mass is 369 g/mol. The van der Waals surface area contributed by atoms with Crippen molar-refractivity contribution in [3.05, 3.63) is 53.1 Å². The van der Waals surface area contributed by atoms with E-state index in [9.17, 15) is 5.11 Å². The van der Waals surface area contributed by atoms with Gasteiger partial charge in [0, 0.05) is 51.2 Å². The molecule has 8 nitrogen and oxygen atoms in total. The van der Waals surface area contributed by atoms with Crippen LogP contribution in [0, 0.1) is 0 Å². The van der Waals surface area contributed by atoms with Crippen molar-refractivity contribution in [2.75, 3.05) is 6.54 Å². The number of nitrogens with one attached hydrogen (secondary N) is 1. The van der Waals surface area contributed by atoms with Gasteiger partial charge in [-0.05, 0) is 18.6 Å². The molecule has 4 rings (SSSR count). The Labute approximate surface area is 158 Å². The lowest BCUT2D eigenvalue weighted by atomic mass is 10.1. The van der Waals surface area contributed by atoms with E-state index in [0.29, 0.717) is 5.69 Å². The molecule has 2 N–H and O–H groups in total. The molecule has 0 bridgehead atoms. The molecule has 3 aromatic heterocycles. The highest BCUT2D eigenvalue weighted by molar-refractivity contribution is 5.22. The lowest BCUT2D eigenvalue weighted by Gasteiger charge is -2.26. The molecule has 0 fully saturated rings. The zero-order chi connectivity index (χ0) is 18.8. The van der Waals surface area contributed by atoms with Crippen molar-refractivity contribution in [3.63, 3.8) is 0 Å². The molecule has 0 aliphatic carbocycles. The van der Waals surface area contributed by atoms with Gasteiger partial charge in [0.05, 0.1) is 23.6 Å². The Morgan fingerprint density at radius 2 is 2.22 bits per heavy atom. The zero-order valence-electron chi connectivity index (χ0n) is 16.0. The second kappa shape index (κ2) is 7.66. The highest BCUT2D eigenvalue weighted by Gasteiger charge is 2.23. The number of rotatable bonds is 7. The van der Waals surface area contributed by atoms with Gasteiger partial charge in [-0.3, -0.25) is 14.3 Å². The summed E-state index contributed by atoms with van der Waals surface area (Å²) in [4.78, 5) is 10.3. The van der Waals surface area contributed by atoms with E-state index in [0.717, 1.165) is 61.9 Å². The van der Waals surface area contributed by atoms with Gasteiger partial charge in [-0.2, -0.15) is 10.2 Å². The molecule has 1 aliphatic heterocycles. The molecule has 0 spiro atoms. The molecule has 0 saturated heterocycles. The molecular formula is C19H27N7O. The number of nitrogens with zero attached hydrogens (tertiary/aromatic N) is 6. The van der Waals surface area contributed by atoms with Crippen molar-refractivity contribution in [1.29, 1.82) is 0 Å². The van der Waals surface area contributed by atoms with Crippen molar-refractivity contribution >= 4 is 0 Å². The van der Waals surface area contributed by atoms with Crippen LogP contribution in [0.3, 0.4) is 0 Å². The number of fused-ring (bicyclic) bond motifs is 1. The van der Waals surface area contributed by atoms with Gasteiger partial charge in [-0.25, -0.2) is 4.98 Å². The van der Waals surface area contributed by atoms with Crippen molar-refractivity contribution in [2.24, 2.45) is 7.05 Å². The third-order valence-electron chi connectivity index (χ3n) is 5.16. The quantitative estimate of drug-likeness (QED) is 0.663. The van der Waals surface area contributed by atoms with Crippen LogP contribution in [0.4, 0.5) is 0 Å². The summed E-state index contributed by atoms with van der Waals surface area (Å²) in [7, 11) is 1.83. The Hall–Kier alpha value is -2.45. The number of aliphatic hydroxyl groups is 1. The fraction of sp³-hybridized carbons (Fsp3) is 0.526. The van der Waals surface area contributed by atoms with Crippen LogP contribution in [0.25, 0.3) is 0 Å².